The summed E-state index contributed by atoms with van der Waals surface area (Å²) >= 11 is 0. The molecule has 0 atom stereocenters. The first-order valence-corrected chi connectivity index (χ1v) is 8.17. The molecule has 0 radical (unpaired) electrons. The number of rotatable bonds is 8. The molecule has 2 N–H and O–H groups in total. The van der Waals surface area contributed by atoms with Crippen LogP contribution in [0.3, 0.4) is 0 Å². The van der Waals surface area contributed by atoms with Crippen LogP contribution in [0.1, 0.15) is 18.7 Å². The molecule has 0 spiro atoms. The maximum atomic E-state index is 11.9. The minimum atomic E-state index is -0.438. The number of nitrogens with one attached hydrogen (secondary N) is 2. The first-order chi connectivity index (χ1) is 12.6. The van der Waals surface area contributed by atoms with Gasteiger partial charge >= 0.3 is 0 Å². The Labute approximate surface area is 149 Å². The summed E-state index contributed by atoms with van der Waals surface area (Å²) in [6.45, 7) is 0.916. The summed E-state index contributed by atoms with van der Waals surface area (Å²) in [5.74, 6) is 0.612. The summed E-state index contributed by atoms with van der Waals surface area (Å²) < 4.78 is 1.83. The fourth-order valence-electron chi connectivity index (χ4n) is 2.46. The number of nitro benzene ring substituents is 1. The third-order valence-electron chi connectivity index (χ3n) is 3.82. The smallest absolute Gasteiger partial charge is 0.269 e. The fraction of sp³-hybridized carbons (Fsp3) is 0.235. The first-order valence-electron chi connectivity index (χ1n) is 8.17. The second-order valence-electron chi connectivity index (χ2n) is 5.66. The van der Waals surface area contributed by atoms with Gasteiger partial charge in [0.05, 0.1) is 11.5 Å². The van der Waals surface area contributed by atoms with E-state index in [1.54, 1.807) is 12.1 Å². The highest BCUT2D eigenvalue weighted by atomic mass is 16.6. The van der Waals surface area contributed by atoms with Gasteiger partial charge in [0.25, 0.3) is 5.69 Å². The number of non-ortho nitro benzene ring substituents is 1. The summed E-state index contributed by atoms with van der Waals surface area (Å²) in [6, 6.07) is 11.8. The van der Waals surface area contributed by atoms with Gasteiger partial charge in [0, 0.05) is 37.0 Å². The van der Waals surface area contributed by atoms with Crippen LogP contribution in [-0.2, 0) is 11.3 Å². The maximum Gasteiger partial charge on any atom is 0.269 e. The van der Waals surface area contributed by atoms with E-state index >= 15 is 0 Å². The highest BCUT2D eigenvalue weighted by molar-refractivity contribution is 5.75. The van der Waals surface area contributed by atoms with Crippen molar-refractivity contribution in [2.45, 2.75) is 19.4 Å². The summed E-state index contributed by atoms with van der Waals surface area (Å²) in [5.41, 5.74) is 1.57. The van der Waals surface area contributed by atoms with Gasteiger partial charge in [-0.3, -0.25) is 19.3 Å². The third-order valence-corrected chi connectivity index (χ3v) is 3.82. The second-order valence-corrected chi connectivity index (χ2v) is 5.66. The van der Waals surface area contributed by atoms with Crippen LogP contribution in [0.4, 0.5) is 11.4 Å². The molecule has 3 rings (SSSR count). The van der Waals surface area contributed by atoms with Gasteiger partial charge in [0.1, 0.15) is 0 Å². The van der Waals surface area contributed by atoms with Crippen LogP contribution in [0.25, 0.3) is 5.65 Å². The van der Waals surface area contributed by atoms with E-state index in [0.717, 1.165) is 11.3 Å². The van der Waals surface area contributed by atoms with Crippen LogP contribution in [-0.4, -0.2) is 32.0 Å². The molecule has 0 aliphatic heterocycles. The van der Waals surface area contributed by atoms with E-state index in [2.05, 4.69) is 20.8 Å². The summed E-state index contributed by atoms with van der Waals surface area (Å²) in [5, 5.41) is 24.7. The van der Waals surface area contributed by atoms with Crippen LogP contribution in [0.5, 0.6) is 0 Å². The Kier molecular flexibility index (Phi) is 5.37. The maximum absolute atomic E-state index is 11.9. The number of hydrogen-bond donors (Lipinski definition) is 2. The van der Waals surface area contributed by atoms with Crippen LogP contribution in [0.15, 0.2) is 48.7 Å². The lowest BCUT2D eigenvalue weighted by Crippen LogP contribution is -2.24. The molecule has 0 aliphatic carbocycles. The SMILES string of the molecule is O=C(CCCNc1ccc([N+](=O)[O-])cc1)NCc1nnc2ccccn12. The van der Waals surface area contributed by atoms with E-state index in [4.69, 9.17) is 0 Å². The van der Waals surface area contributed by atoms with Crippen LogP contribution in [0.2, 0.25) is 0 Å². The molecule has 134 valence electrons. The molecule has 0 saturated heterocycles. The van der Waals surface area contributed by atoms with Crippen molar-refractivity contribution >= 4 is 22.9 Å². The van der Waals surface area contributed by atoms with Gasteiger partial charge in [-0.1, -0.05) is 6.07 Å². The van der Waals surface area contributed by atoms with Gasteiger partial charge < -0.3 is 10.6 Å². The minimum absolute atomic E-state index is 0.0518. The highest BCUT2D eigenvalue weighted by Gasteiger charge is 2.07. The number of nitrogens with zero attached hydrogens (tertiary/aromatic N) is 4. The number of carbonyl (C=O) groups excluding carboxylic acids is 1. The normalized spacial score (nSPS) is 10.6. The van der Waals surface area contributed by atoms with E-state index in [0.29, 0.717) is 31.8 Å². The van der Waals surface area contributed by atoms with Crippen molar-refractivity contribution in [3.63, 3.8) is 0 Å². The fourth-order valence-corrected chi connectivity index (χ4v) is 2.46. The Morgan fingerprint density at radius 2 is 1.96 bits per heavy atom. The zero-order valence-electron chi connectivity index (χ0n) is 14.0. The monoisotopic (exact) mass is 354 g/mol. The Hall–Kier alpha value is -3.49. The van der Waals surface area contributed by atoms with Gasteiger partial charge in [-0.2, -0.15) is 0 Å². The standard InChI is InChI=1S/C17H18N6O3/c24-17(19-12-16-21-20-15-4-1-2-11-22(15)16)5-3-10-18-13-6-8-14(9-7-13)23(25)26/h1-2,4,6-9,11,18H,3,5,10,12H2,(H,19,24). The molecule has 26 heavy (non-hydrogen) atoms. The average Bonchev–Trinajstić information content (AvgIpc) is 3.07. The molecule has 0 bridgehead atoms. The second kappa shape index (κ2) is 8.06. The molecule has 0 aliphatic rings. The number of carbonyl (C=O) groups is 1. The molecular weight excluding hydrogens is 336 g/mol. The molecule has 2 heterocycles. The van der Waals surface area contributed by atoms with Crippen molar-refractivity contribution in [3.8, 4) is 0 Å². The number of fused-ring (bicyclic) bond motifs is 1. The van der Waals surface area contributed by atoms with Crippen LogP contribution in [0, 0.1) is 10.1 Å². The Bertz CT molecular complexity index is 906. The van der Waals surface area contributed by atoms with Crippen molar-refractivity contribution in [3.05, 3.63) is 64.6 Å². The average molecular weight is 354 g/mol. The highest BCUT2D eigenvalue weighted by Crippen LogP contribution is 2.15. The number of hydrogen-bond acceptors (Lipinski definition) is 6. The summed E-state index contributed by atoms with van der Waals surface area (Å²) in [6.07, 6.45) is 2.87. The molecular formula is C17H18N6O3. The van der Waals surface area contributed by atoms with Crippen LogP contribution < -0.4 is 10.6 Å². The Balaban J connectivity index is 1.38. The summed E-state index contributed by atoms with van der Waals surface area (Å²) in [4.78, 5) is 22.1. The minimum Gasteiger partial charge on any atom is -0.385 e. The largest absolute Gasteiger partial charge is 0.385 e. The molecule has 1 aromatic carbocycles. The first kappa shape index (κ1) is 17.3. The molecule has 0 fully saturated rings. The number of nitro groups is 1. The van der Waals surface area contributed by atoms with Gasteiger partial charge in [0.15, 0.2) is 11.5 Å². The lowest BCUT2D eigenvalue weighted by Gasteiger charge is -2.07. The van der Waals surface area contributed by atoms with Crippen LogP contribution >= 0.6 is 0 Å². The zero-order chi connectivity index (χ0) is 18.4. The predicted molar refractivity (Wildman–Crippen MR) is 95.7 cm³/mol. The van der Waals surface area contributed by atoms with Crippen molar-refractivity contribution in [2.24, 2.45) is 0 Å². The number of amides is 1. The van der Waals surface area contributed by atoms with Crippen molar-refractivity contribution in [2.75, 3.05) is 11.9 Å². The van der Waals surface area contributed by atoms with Gasteiger partial charge in [-0.05, 0) is 30.7 Å². The van der Waals surface area contributed by atoms with Crippen molar-refractivity contribution in [1.82, 2.24) is 19.9 Å². The molecule has 1 amide bonds. The lowest BCUT2D eigenvalue weighted by molar-refractivity contribution is -0.384. The Morgan fingerprint density at radius 1 is 1.15 bits per heavy atom. The molecule has 9 nitrogen and oxygen atoms in total. The molecule has 9 heteroatoms. The van der Waals surface area contributed by atoms with Crippen molar-refractivity contribution in [1.29, 1.82) is 0 Å². The molecule has 0 unspecified atom stereocenters. The quantitative estimate of drug-likeness (QED) is 0.364. The third kappa shape index (κ3) is 4.32. The summed E-state index contributed by atoms with van der Waals surface area (Å²) in [7, 11) is 0. The van der Waals surface area contributed by atoms with Gasteiger partial charge in [0.2, 0.25) is 5.91 Å². The van der Waals surface area contributed by atoms with E-state index < -0.39 is 4.92 Å². The molecule has 0 saturated carbocycles. The lowest BCUT2D eigenvalue weighted by atomic mass is 10.2. The number of anilines is 1. The van der Waals surface area contributed by atoms with E-state index in [9.17, 15) is 14.9 Å². The Morgan fingerprint density at radius 3 is 2.73 bits per heavy atom. The zero-order valence-corrected chi connectivity index (χ0v) is 14.0. The topological polar surface area (TPSA) is 114 Å². The molecule has 3 aromatic rings. The van der Waals surface area contributed by atoms with E-state index in [-0.39, 0.29) is 11.6 Å². The number of benzene rings is 1. The van der Waals surface area contributed by atoms with E-state index in [1.165, 1.54) is 12.1 Å². The van der Waals surface area contributed by atoms with Gasteiger partial charge in [-0.15, -0.1) is 10.2 Å². The predicted octanol–water partition coefficient (Wildman–Crippen LogP) is 2.15. The van der Waals surface area contributed by atoms with E-state index in [1.807, 2.05) is 28.8 Å². The number of aromatic nitrogens is 3. The van der Waals surface area contributed by atoms with Crippen molar-refractivity contribution < 1.29 is 9.72 Å². The van der Waals surface area contributed by atoms with Gasteiger partial charge in [-0.25, -0.2) is 0 Å². The molecule has 2 aromatic heterocycles. The number of pyridine rings is 1.